The maximum absolute atomic E-state index is 6.56. The number of furan rings is 1. The molecular formula is C58H38N2O. The molecule has 2 heterocycles. The molecule has 0 aliphatic carbocycles. The van der Waals surface area contributed by atoms with E-state index >= 15 is 0 Å². The predicted octanol–water partition coefficient (Wildman–Crippen LogP) is 16.3. The van der Waals surface area contributed by atoms with Crippen LogP contribution in [0.5, 0.6) is 0 Å². The molecule has 61 heavy (non-hydrogen) atoms. The van der Waals surface area contributed by atoms with Gasteiger partial charge in [-0.05, 0) is 82.2 Å². The van der Waals surface area contributed by atoms with Gasteiger partial charge in [-0.25, -0.2) is 0 Å². The number of anilines is 3. The van der Waals surface area contributed by atoms with Crippen LogP contribution in [0.1, 0.15) is 0 Å². The molecule has 10 aromatic carbocycles. The Morgan fingerprint density at radius 3 is 1.56 bits per heavy atom. The van der Waals surface area contributed by atoms with Gasteiger partial charge in [0.15, 0.2) is 0 Å². The minimum absolute atomic E-state index is 0.900. The fourth-order valence-corrected chi connectivity index (χ4v) is 9.42. The van der Waals surface area contributed by atoms with Crippen molar-refractivity contribution in [2.24, 2.45) is 0 Å². The second kappa shape index (κ2) is 14.3. The Hall–Kier alpha value is -8.14. The Kier molecular flexibility index (Phi) is 8.17. The lowest BCUT2D eigenvalue weighted by Gasteiger charge is -2.28. The highest BCUT2D eigenvalue weighted by atomic mass is 16.3. The lowest BCUT2D eigenvalue weighted by molar-refractivity contribution is 0.670. The highest BCUT2D eigenvalue weighted by molar-refractivity contribution is 6.14. The van der Waals surface area contributed by atoms with Gasteiger partial charge in [-0.3, -0.25) is 0 Å². The quantitative estimate of drug-likeness (QED) is 0.161. The van der Waals surface area contributed by atoms with E-state index in [1.54, 1.807) is 0 Å². The van der Waals surface area contributed by atoms with Gasteiger partial charge >= 0.3 is 0 Å². The van der Waals surface area contributed by atoms with Gasteiger partial charge in [0.25, 0.3) is 0 Å². The molecule has 0 aliphatic rings. The van der Waals surface area contributed by atoms with Crippen molar-refractivity contribution in [1.29, 1.82) is 0 Å². The molecule has 0 amide bonds. The fourth-order valence-electron chi connectivity index (χ4n) is 9.42. The van der Waals surface area contributed by atoms with Crippen LogP contribution >= 0.6 is 0 Å². The van der Waals surface area contributed by atoms with Crippen molar-refractivity contribution in [2.45, 2.75) is 0 Å². The summed E-state index contributed by atoms with van der Waals surface area (Å²) in [6.45, 7) is 0. The Morgan fingerprint density at radius 2 is 0.836 bits per heavy atom. The first-order chi connectivity index (χ1) is 30.3. The Labute approximate surface area is 353 Å². The third kappa shape index (κ3) is 5.74. The van der Waals surface area contributed by atoms with Crippen molar-refractivity contribution in [3.05, 3.63) is 231 Å². The van der Waals surface area contributed by atoms with Crippen molar-refractivity contribution < 1.29 is 4.42 Å². The number of aromatic nitrogens is 1. The summed E-state index contributed by atoms with van der Waals surface area (Å²) in [6, 6.07) is 82.8. The van der Waals surface area contributed by atoms with E-state index in [-0.39, 0.29) is 0 Å². The standard InChI is InChI=1S/C58H38N2O/c1-2-15-39(16-3-1)40-29-33-42(34-30-40)59(56-38-37-46(45-18-4-5-19-47(45)56)51-23-14-24-52-50-22-9-13-28-57(50)61-58(51)52)43-35-31-41(32-36-43)44-17-6-10-25-53(44)60-54-26-11-7-20-48(54)49-21-8-12-27-55(49)60/h1-38H. The summed E-state index contributed by atoms with van der Waals surface area (Å²) in [7, 11) is 0. The third-order valence-electron chi connectivity index (χ3n) is 12.2. The lowest BCUT2D eigenvalue weighted by Crippen LogP contribution is -2.10. The molecule has 0 saturated heterocycles. The normalized spacial score (nSPS) is 11.6. The molecule has 12 aromatic rings. The van der Waals surface area contributed by atoms with Crippen molar-refractivity contribution >= 4 is 71.6 Å². The van der Waals surface area contributed by atoms with Crippen LogP contribution in [-0.4, -0.2) is 4.57 Å². The summed E-state index contributed by atoms with van der Waals surface area (Å²) < 4.78 is 8.97. The average molecular weight is 779 g/mol. The number of fused-ring (bicyclic) bond motifs is 7. The van der Waals surface area contributed by atoms with Crippen LogP contribution in [0.4, 0.5) is 17.1 Å². The van der Waals surface area contributed by atoms with Gasteiger partial charge in [0.2, 0.25) is 0 Å². The first-order valence-electron chi connectivity index (χ1n) is 20.8. The molecule has 0 aliphatic heterocycles. The van der Waals surface area contributed by atoms with Crippen LogP contribution in [0.3, 0.4) is 0 Å². The van der Waals surface area contributed by atoms with Crippen molar-refractivity contribution in [1.82, 2.24) is 4.57 Å². The van der Waals surface area contributed by atoms with Crippen LogP contribution in [0.25, 0.3) is 93.6 Å². The Morgan fingerprint density at radius 1 is 0.311 bits per heavy atom. The Bertz CT molecular complexity index is 3520. The fraction of sp³-hybridized carbons (Fsp3) is 0. The van der Waals surface area contributed by atoms with E-state index in [2.05, 4.69) is 234 Å². The first kappa shape index (κ1) is 34.9. The highest BCUT2D eigenvalue weighted by Gasteiger charge is 2.21. The van der Waals surface area contributed by atoms with Crippen molar-refractivity contribution in [3.8, 4) is 39.1 Å². The van der Waals surface area contributed by atoms with Gasteiger partial charge in [-0.2, -0.15) is 0 Å². The van der Waals surface area contributed by atoms with Crippen LogP contribution < -0.4 is 4.90 Å². The van der Waals surface area contributed by atoms with Crippen LogP contribution in [0.2, 0.25) is 0 Å². The predicted molar refractivity (Wildman–Crippen MR) is 257 cm³/mol. The van der Waals surface area contributed by atoms with E-state index in [4.69, 9.17) is 4.42 Å². The summed E-state index contributed by atoms with van der Waals surface area (Å²) >= 11 is 0. The zero-order valence-electron chi connectivity index (χ0n) is 33.2. The summed E-state index contributed by atoms with van der Waals surface area (Å²) in [5.41, 5.74) is 15.5. The van der Waals surface area contributed by atoms with Gasteiger partial charge in [0, 0.05) is 49.4 Å². The number of rotatable bonds is 7. The topological polar surface area (TPSA) is 21.3 Å². The monoisotopic (exact) mass is 778 g/mol. The molecule has 0 N–H and O–H groups in total. The van der Waals surface area contributed by atoms with E-state index in [0.29, 0.717) is 0 Å². The molecule has 2 aromatic heterocycles. The SMILES string of the molecule is c1ccc(-c2ccc(N(c3ccc(-c4ccccc4-n4c5ccccc5c5ccccc54)cc3)c3ccc(-c4cccc5c4oc4ccccc45)c4ccccc34)cc2)cc1. The summed E-state index contributed by atoms with van der Waals surface area (Å²) in [6.07, 6.45) is 0. The van der Waals surface area contributed by atoms with Crippen LogP contribution in [0, 0.1) is 0 Å². The molecule has 0 atom stereocenters. The molecule has 3 nitrogen and oxygen atoms in total. The number of nitrogens with zero attached hydrogens (tertiary/aromatic N) is 2. The second-order valence-corrected chi connectivity index (χ2v) is 15.6. The Balaban J connectivity index is 1.01. The van der Waals surface area contributed by atoms with Crippen molar-refractivity contribution in [3.63, 3.8) is 0 Å². The number of benzene rings is 10. The van der Waals surface area contributed by atoms with E-state index < -0.39 is 0 Å². The first-order valence-corrected chi connectivity index (χ1v) is 20.8. The van der Waals surface area contributed by atoms with Crippen molar-refractivity contribution in [2.75, 3.05) is 4.90 Å². The number of hydrogen-bond acceptors (Lipinski definition) is 2. The van der Waals surface area contributed by atoms with E-state index in [9.17, 15) is 0 Å². The van der Waals surface area contributed by atoms with Gasteiger partial charge in [-0.1, -0.05) is 176 Å². The third-order valence-corrected chi connectivity index (χ3v) is 12.2. The molecular weight excluding hydrogens is 741 g/mol. The number of hydrogen-bond donors (Lipinski definition) is 0. The molecule has 0 fully saturated rings. The minimum Gasteiger partial charge on any atom is -0.455 e. The molecule has 0 unspecified atom stereocenters. The summed E-state index contributed by atoms with van der Waals surface area (Å²) in [4.78, 5) is 2.39. The van der Waals surface area contributed by atoms with Gasteiger partial charge in [-0.15, -0.1) is 0 Å². The zero-order valence-corrected chi connectivity index (χ0v) is 33.2. The second-order valence-electron chi connectivity index (χ2n) is 15.6. The van der Waals surface area contributed by atoms with Gasteiger partial charge in [0.05, 0.1) is 22.4 Å². The zero-order chi connectivity index (χ0) is 40.3. The molecule has 0 bridgehead atoms. The molecule has 0 saturated carbocycles. The maximum Gasteiger partial charge on any atom is 0.143 e. The summed E-state index contributed by atoms with van der Waals surface area (Å²) in [5.74, 6) is 0. The molecule has 286 valence electrons. The number of para-hydroxylation sites is 5. The van der Waals surface area contributed by atoms with E-state index in [1.165, 1.54) is 38.5 Å². The van der Waals surface area contributed by atoms with E-state index in [1.807, 2.05) is 6.07 Å². The molecule has 0 radical (unpaired) electrons. The van der Waals surface area contributed by atoms with Crippen LogP contribution in [0.15, 0.2) is 235 Å². The molecule has 0 spiro atoms. The minimum atomic E-state index is 0.900. The molecule has 12 rings (SSSR count). The van der Waals surface area contributed by atoms with Gasteiger partial charge < -0.3 is 13.9 Å². The highest BCUT2D eigenvalue weighted by Crippen LogP contribution is 2.45. The molecule has 3 heteroatoms. The smallest absolute Gasteiger partial charge is 0.143 e. The van der Waals surface area contributed by atoms with Crippen LogP contribution in [-0.2, 0) is 0 Å². The summed E-state index contributed by atoms with van der Waals surface area (Å²) in [5, 5.41) is 7.08. The average Bonchev–Trinajstić information content (AvgIpc) is 3.89. The largest absolute Gasteiger partial charge is 0.455 e. The van der Waals surface area contributed by atoms with E-state index in [0.717, 1.165) is 72.2 Å². The lowest BCUT2D eigenvalue weighted by atomic mass is 9.95. The maximum atomic E-state index is 6.56. The van der Waals surface area contributed by atoms with Gasteiger partial charge in [0.1, 0.15) is 11.2 Å².